The number of pyridine rings is 1. The van der Waals surface area contributed by atoms with Gasteiger partial charge in [-0.25, -0.2) is 8.78 Å². The first kappa shape index (κ1) is 21.2. The first-order valence-corrected chi connectivity index (χ1v) is 9.98. The van der Waals surface area contributed by atoms with Crippen LogP contribution in [0.5, 0.6) is 11.5 Å². The van der Waals surface area contributed by atoms with Crippen LogP contribution in [0.1, 0.15) is 28.4 Å². The van der Waals surface area contributed by atoms with E-state index < -0.39 is 11.8 Å². The molecule has 0 spiro atoms. The van der Waals surface area contributed by atoms with Crippen LogP contribution >= 0.6 is 0 Å². The Kier molecular flexibility index (Phi) is 5.94. The van der Waals surface area contributed by atoms with Crippen molar-refractivity contribution in [3.8, 4) is 11.5 Å². The number of ether oxygens (including phenoxy) is 1. The lowest BCUT2D eigenvalue weighted by Gasteiger charge is -2.15. The number of halogens is 2. The van der Waals surface area contributed by atoms with Gasteiger partial charge in [0.1, 0.15) is 5.75 Å². The molecule has 0 aliphatic heterocycles. The van der Waals surface area contributed by atoms with Crippen LogP contribution in [0.4, 0.5) is 8.78 Å². The molecule has 4 nitrogen and oxygen atoms in total. The number of carbonyl (C=O) groups is 1. The minimum Gasteiger partial charge on any atom is -0.455 e. The molecule has 0 bridgehead atoms. The highest BCUT2D eigenvalue weighted by Gasteiger charge is 2.25. The van der Waals surface area contributed by atoms with Crippen LogP contribution in [-0.2, 0) is 5.92 Å². The number of aromatic nitrogens is 1. The molecule has 0 saturated carbocycles. The standard InChI is InChI=1S/C26H20F2N2O2/c1-26(27,28)19-10-7-11-20(16-19)32-23-17-30-22-13-6-5-12-21(22)24(23)25(31)29-15-14-18-8-3-2-4-9-18/h2-17H,1H3,(H,29,31)/b15-14-. The third-order valence-corrected chi connectivity index (χ3v) is 4.83. The zero-order chi connectivity index (χ0) is 22.6. The lowest BCUT2D eigenvalue weighted by molar-refractivity contribution is 0.0173. The third-order valence-electron chi connectivity index (χ3n) is 4.83. The number of nitrogens with zero attached hydrogens (tertiary/aromatic N) is 1. The van der Waals surface area contributed by atoms with Crippen molar-refractivity contribution in [1.29, 1.82) is 0 Å². The number of fused-ring (bicyclic) bond motifs is 1. The molecule has 4 rings (SSSR count). The van der Waals surface area contributed by atoms with E-state index in [0.29, 0.717) is 10.9 Å². The van der Waals surface area contributed by atoms with Gasteiger partial charge < -0.3 is 10.1 Å². The van der Waals surface area contributed by atoms with Gasteiger partial charge in [-0.05, 0) is 29.8 Å². The molecule has 0 atom stereocenters. The summed E-state index contributed by atoms with van der Waals surface area (Å²) >= 11 is 0. The number of nitrogens with one attached hydrogen (secondary N) is 1. The summed E-state index contributed by atoms with van der Waals surface area (Å²) in [6.07, 6.45) is 4.75. The second-order valence-corrected chi connectivity index (χ2v) is 7.25. The topological polar surface area (TPSA) is 51.2 Å². The van der Waals surface area contributed by atoms with Crippen molar-refractivity contribution >= 4 is 22.9 Å². The maximum Gasteiger partial charge on any atom is 0.270 e. The number of para-hydroxylation sites is 1. The minimum absolute atomic E-state index is 0.172. The number of rotatable bonds is 6. The second-order valence-electron chi connectivity index (χ2n) is 7.25. The fraction of sp³-hybridized carbons (Fsp3) is 0.0769. The normalized spacial score (nSPS) is 11.6. The Morgan fingerprint density at radius 2 is 1.75 bits per heavy atom. The number of alkyl halides is 2. The molecule has 6 heteroatoms. The summed E-state index contributed by atoms with van der Waals surface area (Å²) in [6.45, 7) is 0.821. The van der Waals surface area contributed by atoms with E-state index in [1.54, 1.807) is 36.5 Å². The Bertz CT molecular complexity index is 1280. The minimum atomic E-state index is -3.01. The highest BCUT2D eigenvalue weighted by atomic mass is 19.3. The summed E-state index contributed by atoms with van der Waals surface area (Å²) in [7, 11) is 0. The SMILES string of the molecule is CC(F)(F)c1cccc(Oc2cnc3ccccc3c2C(=O)N/C=C\c2ccccc2)c1. The van der Waals surface area contributed by atoms with Crippen LogP contribution in [0.2, 0.25) is 0 Å². The summed E-state index contributed by atoms with van der Waals surface area (Å²) in [5.74, 6) is -3.05. The van der Waals surface area contributed by atoms with E-state index in [4.69, 9.17) is 4.74 Å². The maximum absolute atomic E-state index is 13.7. The smallest absolute Gasteiger partial charge is 0.270 e. The van der Waals surface area contributed by atoms with Crippen LogP contribution in [0.15, 0.2) is 91.3 Å². The fourth-order valence-electron chi connectivity index (χ4n) is 3.24. The molecule has 0 aliphatic carbocycles. The van der Waals surface area contributed by atoms with Gasteiger partial charge in [-0.2, -0.15) is 0 Å². The number of benzene rings is 3. The van der Waals surface area contributed by atoms with Crippen LogP contribution in [-0.4, -0.2) is 10.9 Å². The van der Waals surface area contributed by atoms with Crippen molar-refractivity contribution in [3.63, 3.8) is 0 Å². The quantitative estimate of drug-likeness (QED) is 0.378. The molecule has 1 aromatic heterocycles. The lowest BCUT2D eigenvalue weighted by atomic mass is 10.1. The van der Waals surface area contributed by atoms with Crippen molar-refractivity contribution in [2.75, 3.05) is 0 Å². The van der Waals surface area contributed by atoms with Gasteiger partial charge in [0, 0.05) is 24.1 Å². The monoisotopic (exact) mass is 430 g/mol. The molecule has 4 aromatic rings. The third kappa shape index (κ3) is 4.81. The van der Waals surface area contributed by atoms with Gasteiger partial charge >= 0.3 is 0 Å². The Hall–Kier alpha value is -4.06. The molecular formula is C26H20F2N2O2. The van der Waals surface area contributed by atoms with E-state index in [2.05, 4.69) is 10.3 Å². The number of hydrogen-bond acceptors (Lipinski definition) is 3. The average molecular weight is 430 g/mol. The molecule has 1 heterocycles. The second kappa shape index (κ2) is 8.98. The molecule has 0 unspecified atom stereocenters. The van der Waals surface area contributed by atoms with E-state index in [9.17, 15) is 13.6 Å². The Labute approximate surface area is 184 Å². The Morgan fingerprint density at radius 1 is 1.00 bits per heavy atom. The molecule has 1 N–H and O–H groups in total. The first-order valence-electron chi connectivity index (χ1n) is 9.98. The van der Waals surface area contributed by atoms with Crippen LogP contribution in [0.25, 0.3) is 17.0 Å². The number of amides is 1. The van der Waals surface area contributed by atoms with Gasteiger partial charge in [-0.1, -0.05) is 60.7 Å². The van der Waals surface area contributed by atoms with E-state index in [1.807, 2.05) is 36.4 Å². The van der Waals surface area contributed by atoms with Crippen molar-refractivity contribution < 1.29 is 18.3 Å². The zero-order valence-corrected chi connectivity index (χ0v) is 17.3. The maximum atomic E-state index is 13.7. The number of carbonyl (C=O) groups excluding carboxylic acids is 1. The fourth-order valence-corrected chi connectivity index (χ4v) is 3.24. The number of hydrogen-bond donors (Lipinski definition) is 1. The van der Waals surface area contributed by atoms with E-state index in [-0.39, 0.29) is 22.6 Å². The van der Waals surface area contributed by atoms with Gasteiger partial charge in [0.15, 0.2) is 5.75 Å². The summed E-state index contributed by atoms with van der Waals surface area (Å²) < 4.78 is 33.3. The molecule has 1 amide bonds. The molecular weight excluding hydrogens is 410 g/mol. The lowest BCUT2D eigenvalue weighted by Crippen LogP contribution is -2.18. The zero-order valence-electron chi connectivity index (χ0n) is 17.3. The molecule has 0 saturated heterocycles. The highest BCUT2D eigenvalue weighted by Crippen LogP contribution is 2.33. The molecule has 3 aromatic carbocycles. The van der Waals surface area contributed by atoms with Crippen molar-refractivity contribution in [3.05, 3.63) is 108 Å². The van der Waals surface area contributed by atoms with Crippen LogP contribution < -0.4 is 10.1 Å². The molecule has 0 aliphatic rings. The van der Waals surface area contributed by atoms with Crippen molar-refractivity contribution in [2.24, 2.45) is 0 Å². The Morgan fingerprint density at radius 3 is 2.53 bits per heavy atom. The van der Waals surface area contributed by atoms with E-state index in [0.717, 1.165) is 12.5 Å². The largest absolute Gasteiger partial charge is 0.455 e. The summed E-state index contributed by atoms with van der Waals surface area (Å²) in [5.41, 5.74) is 1.63. The molecule has 160 valence electrons. The van der Waals surface area contributed by atoms with Gasteiger partial charge in [0.25, 0.3) is 11.8 Å². The predicted molar refractivity (Wildman–Crippen MR) is 121 cm³/mol. The van der Waals surface area contributed by atoms with Gasteiger partial charge in [-0.3, -0.25) is 9.78 Å². The first-order chi connectivity index (χ1) is 15.4. The summed E-state index contributed by atoms with van der Waals surface area (Å²) in [4.78, 5) is 17.4. The Balaban J connectivity index is 1.68. The van der Waals surface area contributed by atoms with E-state index >= 15 is 0 Å². The van der Waals surface area contributed by atoms with Gasteiger partial charge in [0.05, 0.1) is 17.3 Å². The summed E-state index contributed by atoms with van der Waals surface area (Å²) in [6, 6.07) is 22.3. The predicted octanol–water partition coefficient (Wildman–Crippen LogP) is 6.54. The van der Waals surface area contributed by atoms with Crippen LogP contribution in [0, 0.1) is 0 Å². The van der Waals surface area contributed by atoms with Crippen molar-refractivity contribution in [1.82, 2.24) is 10.3 Å². The molecule has 0 fully saturated rings. The van der Waals surface area contributed by atoms with Gasteiger partial charge in [0.2, 0.25) is 0 Å². The van der Waals surface area contributed by atoms with Gasteiger partial charge in [-0.15, -0.1) is 0 Å². The average Bonchev–Trinajstić information content (AvgIpc) is 2.79. The van der Waals surface area contributed by atoms with Crippen LogP contribution in [0.3, 0.4) is 0 Å². The molecule has 32 heavy (non-hydrogen) atoms. The summed E-state index contributed by atoms with van der Waals surface area (Å²) in [5, 5.41) is 3.34. The van der Waals surface area contributed by atoms with Crippen molar-refractivity contribution in [2.45, 2.75) is 12.8 Å². The highest BCUT2D eigenvalue weighted by molar-refractivity contribution is 6.09. The molecule has 0 radical (unpaired) electrons. The van der Waals surface area contributed by atoms with E-state index in [1.165, 1.54) is 24.4 Å².